The lowest BCUT2D eigenvalue weighted by Gasteiger charge is -2.17. The van der Waals surface area contributed by atoms with Crippen LogP contribution in [0.2, 0.25) is 0 Å². The molecule has 0 bridgehead atoms. The molecule has 1 aromatic heterocycles. The molecule has 1 heterocycles. The summed E-state index contributed by atoms with van der Waals surface area (Å²) in [6.45, 7) is 4.70. The number of benzene rings is 2. The second-order valence-electron chi connectivity index (χ2n) is 7.64. The molecule has 0 fully saturated rings. The average Bonchev–Trinajstić information content (AvgIpc) is 2.77. The maximum Gasteiger partial charge on any atom is 0.252 e. The van der Waals surface area contributed by atoms with Gasteiger partial charge < -0.3 is 19.8 Å². The Balaban J connectivity index is 1.65. The van der Waals surface area contributed by atoms with Gasteiger partial charge in [0.15, 0.2) is 11.5 Å². The number of amides is 1. The highest BCUT2D eigenvalue weighted by molar-refractivity contribution is 5.82. The first kappa shape index (κ1) is 22.4. The number of hydrogen-bond acceptors (Lipinski definition) is 4. The second kappa shape index (κ2) is 10.7. The van der Waals surface area contributed by atoms with Crippen molar-refractivity contribution in [1.82, 2.24) is 10.3 Å². The van der Waals surface area contributed by atoms with Gasteiger partial charge in [0.1, 0.15) is 0 Å². The third-order valence-corrected chi connectivity index (χ3v) is 5.25. The summed E-state index contributed by atoms with van der Waals surface area (Å²) in [7, 11) is 1.60. The highest BCUT2D eigenvalue weighted by Gasteiger charge is 2.15. The zero-order valence-electron chi connectivity index (χ0n) is 18.4. The molecule has 0 saturated heterocycles. The van der Waals surface area contributed by atoms with Crippen molar-refractivity contribution in [3.63, 3.8) is 0 Å². The SMILES string of the molecule is CCCCCOc1ccc(C(C)NC(=O)Cc2cc3ccccc3[nH]c2=O)cc1OC. The number of carbonyl (C=O) groups is 1. The predicted octanol–water partition coefficient (Wildman–Crippen LogP) is 4.53. The molecule has 2 N–H and O–H groups in total. The number of H-pyrrole nitrogens is 1. The summed E-state index contributed by atoms with van der Waals surface area (Å²) < 4.78 is 11.3. The predicted molar refractivity (Wildman–Crippen MR) is 123 cm³/mol. The van der Waals surface area contributed by atoms with Crippen LogP contribution >= 0.6 is 0 Å². The van der Waals surface area contributed by atoms with Gasteiger partial charge in [-0.25, -0.2) is 0 Å². The molecule has 1 atom stereocenters. The van der Waals surface area contributed by atoms with Gasteiger partial charge in [-0.3, -0.25) is 9.59 Å². The van der Waals surface area contributed by atoms with Crippen molar-refractivity contribution in [1.29, 1.82) is 0 Å². The largest absolute Gasteiger partial charge is 0.493 e. The fourth-order valence-corrected chi connectivity index (χ4v) is 3.48. The standard InChI is InChI=1S/C25H30N2O4/c1-4-5-8-13-31-22-12-11-18(15-23(22)30-3)17(2)26-24(28)16-20-14-19-9-6-7-10-21(19)27-25(20)29/h6-7,9-12,14-15,17H,4-5,8,13,16H2,1-3H3,(H,26,28)(H,27,29). The van der Waals surface area contributed by atoms with Crippen molar-refractivity contribution in [3.05, 3.63) is 70.0 Å². The van der Waals surface area contributed by atoms with Gasteiger partial charge in [0.2, 0.25) is 5.91 Å². The van der Waals surface area contributed by atoms with Crippen LogP contribution in [0.1, 0.15) is 50.3 Å². The Morgan fingerprint density at radius 1 is 1.10 bits per heavy atom. The number of para-hydroxylation sites is 1. The first-order valence-corrected chi connectivity index (χ1v) is 10.7. The number of aromatic amines is 1. The third kappa shape index (κ3) is 5.87. The second-order valence-corrected chi connectivity index (χ2v) is 7.64. The van der Waals surface area contributed by atoms with Gasteiger partial charge in [0.25, 0.3) is 5.56 Å². The van der Waals surface area contributed by atoms with E-state index in [1.165, 1.54) is 0 Å². The van der Waals surface area contributed by atoms with Crippen molar-refractivity contribution in [2.45, 2.75) is 45.6 Å². The van der Waals surface area contributed by atoms with E-state index in [9.17, 15) is 9.59 Å². The molecule has 0 spiro atoms. The summed E-state index contributed by atoms with van der Waals surface area (Å²) in [6.07, 6.45) is 3.28. The fourth-order valence-electron chi connectivity index (χ4n) is 3.48. The first-order chi connectivity index (χ1) is 15.0. The quantitative estimate of drug-likeness (QED) is 0.471. The molecule has 3 rings (SSSR count). The maximum absolute atomic E-state index is 12.6. The van der Waals surface area contributed by atoms with Crippen LogP contribution in [0.5, 0.6) is 11.5 Å². The molecule has 1 amide bonds. The summed E-state index contributed by atoms with van der Waals surface area (Å²) >= 11 is 0. The van der Waals surface area contributed by atoms with E-state index in [2.05, 4.69) is 17.2 Å². The van der Waals surface area contributed by atoms with Crippen molar-refractivity contribution < 1.29 is 14.3 Å². The number of carbonyl (C=O) groups excluding carboxylic acids is 1. The third-order valence-electron chi connectivity index (χ3n) is 5.25. The Morgan fingerprint density at radius 2 is 1.90 bits per heavy atom. The molecular weight excluding hydrogens is 392 g/mol. The van der Waals surface area contributed by atoms with Gasteiger partial charge in [0, 0.05) is 11.1 Å². The topological polar surface area (TPSA) is 80.4 Å². The highest BCUT2D eigenvalue weighted by Crippen LogP contribution is 2.30. The summed E-state index contributed by atoms with van der Waals surface area (Å²) in [5, 5.41) is 3.86. The Kier molecular flexibility index (Phi) is 7.70. The molecule has 0 saturated carbocycles. The van der Waals surface area contributed by atoms with E-state index in [0.717, 1.165) is 35.7 Å². The van der Waals surface area contributed by atoms with Crippen molar-refractivity contribution in [3.8, 4) is 11.5 Å². The first-order valence-electron chi connectivity index (χ1n) is 10.7. The molecule has 0 aliphatic rings. The van der Waals surface area contributed by atoms with Crippen LogP contribution < -0.4 is 20.3 Å². The number of hydrogen-bond donors (Lipinski definition) is 2. The normalized spacial score (nSPS) is 11.8. The lowest BCUT2D eigenvalue weighted by molar-refractivity contribution is -0.121. The lowest BCUT2D eigenvalue weighted by Crippen LogP contribution is -2.30. The van der Waals surface area contributed by atoms with Gasteiger partial charge in [-0.15, -0.1) is 0 Å². The minimum absolute atomic E-state index is 0.0142. The van der Waals surface area contributed by atoms with E-state index in [0.29, 0.717) is 23.7 Å². The molecule has 0 aliphatic carbocycles. The number of fused-ring (bicyclic) bond motifs is 1. The molecule has 164 valence electrons. The zero-order valence-corrected chi connectivity index (χ0v) is 18.4. The minimum Gasteiger partial charge on any atom is -0.493 e. The van der Waals surface area contributed by atoms with E-state index in [1.54, 1.807) is 13.2 Å². The minimum atomic E-state index is -0.243. The van der Waals surface area contributed by atoms with Gasteiger partial charge in [-0.1, -0.05) is 44.0 Å². The molecule has 0 radical (unpaired) electrons. The van der Waals surface area contributed by atoms with Gasteiger partial charge >= 0.3 is 0 Å². The zero-order chi connectivity index (χ0) is 22.2. The van der Waals surface area contributed by atoms with Gasteiger partial charge in [0.05, 0.1) is 26.2 Å². The van der Waals surface area contributed by atoms with E-state index >= 15 is 0 Å². The molecule has 0 aliphatic heterocycles. The number of aromatic nitrogens is 1. The number of pyridine rings is 1. The molecule has 3 aromatic rings. The molecule has 6 heteroatoms. The number of rotatable bonds is 10. The molecule has 6 nitrogen and oxygen atoms in total. The lowest BCUT2D eigenvalue weighted by atomic mass is 10.1. The van der Waals surface area contributed by atoms with Gasteiger partial charge in [-0.2, -0.15) is 0 Å². The van der Waals surface area contributed by atoms with Crippen molar-refractivity contribution in [2.75, 3.05) is 13.7 Å². The summed E-state index contributed by atoms with van der Waals surface area (Å²) in [4.78, 5) is 27.7. The van der Waals surface area contributed by atoms with Crippen LogP contribution in [0.25, 0.3) is 10.9 Å². The number of ether oxygens (including phenoxy) is 2. The highest BCUT2D eigenvalue weighted by atomic mass is 16.5. The summed E-state index contributed by atoms with van der Waals surface area (Å²) in [5.41, 5.74) is 1.86. The Labute approximate surface area is 182 Å². The monoisotopic (exact) mass is 422 g/mol. The number of methoxy groups -OCH3 is 1. The van der Waals surface area contributed by atoms with E-state index in [4.69, 9.17) is 9.47 Å². The number of nitrogens with one attached hydrogen (secondary N) is 2. The van der Waals surface area contributed by atoms with E-state index < -0.39 is 0 Å². The van der Waals surface area contributed by atoms with Crippen molar-refractivity contribution >= 4 is 16.8 Å². The van der Waals surface area contributed by atoms with Crippen LogP contribution in [0.4, 0.5) is 0 Å². The summed E-state index contributed by atoms with van der Waals surface area (Å²) in [6, 6.07) is 14.7. The van der Waals surface area contributed by atoms with E-state index in [1.807, 2.05) is 49.4 Å². The van der Waals surface area contributed by atoms with Crippen molar-refractivity contribution in [2.24, 2.45) is 0 Å². The van der Waals surface area contributed by atoms with Gasteiger partial charge in [-0.05, 0) is 48.6 Å². The van der Waals surface area contributed by atoms with Crippen LogP contribution in [-0.2, 0) is 11.2 Å². The van der Waals surface area contributed by atoms with Crippen LogP contribution in [0.15, 0.2) is 53.3 Å². The Hall–Kier alpha value is -3.28. The smallest absolute Gasteiger partial charge is 0.252 e. The molecule has 1 unspecified atom stereocenters. The molecule has 31 heavy (non-hydrogen) atoms. The molecule has 2 aromatic carbocycles. The molecular formula is C25H30N2O4. The Morgan fingerprint density at radius 3 is 2.68 bits per heavy atom. The van der Waals surface area contributed by atoms with E-state index in [-0.39, 0.29) is 23.9 Å². The van der Waals surface area contributed by atoms with Crippen LogP contribution in [0, 0.1) is 0 Å². The number of unbranched alkanes of at least 4 members (excludes halogenated alkanes) is 2. The fraction of sp³-hybridized carbons (Fsp3) is 0.360. The Bertz CT molecular complexity index is 1090. The van der Waals surface area contributed by atoms with Crippen LogP contribution in [-0.4, -0.2) is 24.6 Å². The average molecular weight is 423 g/mol. The summed E-state index contributed by atoms with van der Waals surface area (Å²) in [5.74, 6) is 1.12. The maximum atomic E-state index is 12.6. The van der Waals surface area contributed by atoms with Crippen LogP contribution in [0.3, 0.4) is 0 Å².